The Labute approximate surface area is 187 Å². The largest absolute Gasteiger partial charge is 0.249 e. The molecule has 1 aliphatic carbocycles. The van der Waals surface area contributed by atoms with Crippen molar-refractivity contribution >= 4 is 21.8 Å². The van der Waals surface area contributed by atoms with E-state index in [1.54, 1.807) is 22.1 Å². The minimum absolute atomic E-state index is 0.285. The molecule has 0 N–H and O–H groups in total. The summed E-state index contributed by atoms with van der Waals surface area (Å²) in [6.45, 7) is 1.21. The highest BCUT2D eigenvalue weighted by Crippen LogP contribution is 2.31. The van der Waals surface area contributed by atoms with Gasteiger partial charge in [0.15, 0.2) is 0 Å². The van der Waals surface area contributed by atoms with Crippen molar-refractivity contribution in [2.75, 3.05) is 13.1 Å². The molecule has 6 nitrogen and oxygen atoms in total. The highest BCUT2D eigenvalue weighted by atomic mass is 32.2. The minimum atomic E-state index is -3.44. The lowest BCUT2D eigenvalue weighted by molar-refractivity contribution is 0.346. The summed E-state index contributed by atoms with van der Waals surface area (Å²) in [7, 11) is -3.44. The molecule has 3 aromatic rings. The van der Waals surface area contributed by atoms with Crippen molar-refractivity contribution in [1.29, 1.82) is 0 Å². The average molecular weight is 455 g/mol. The molecule has 162 valence electrons. The van der Waals surface area contributed by atoms with Crippen LogP contribution in [0.3, 0.4) is 0 Å². The zero-order valence-corrected chi connectivity index (χ0v) is 19.0. The van der Waals surface area contributed by atoms with Crippen LogP contribution in [0.25, 0.3) is 5.69 Å². The van der Waals surface area contributed by atoms with Crippen LogP contribution in [0.15, 0.2) is 58.6 Å². The third-order valence-corrected chi connectivity index (χ3v) is 8.87. The SMILES string of the molecule is O=S(=O)(c1ccc(SCc2nn(-c3ccccc3)c3c2CCC3)nc1)N1CCCCC1. The number of fused-ring (bicyclic) bond motifs is 1. The molecule has 0 bridgehead atoms. The second-order valence-corrected chi connectivity index (χ2v) is 11.0. The number of pyridine rings is 1. The van der Waals surface area contributed by atoms with Crippen LogP contribution in [0, 0.1) is 0 Å². The van der Waals surface area contributed by atoms with E-state index in [0.717, 1.165) is 54.3 Å². The Morgan fingerprint density at radius 1 is 0.935 bits per heavy atom. The zero-order chi connectivity index (χ0) is 21.3. The van der Waals surface area contributed by atoms with E-state index in [1.165, 1.54) is 23.9 Å². The zero-order valence-electron chi connectivity index (χ0n) is 17.4. The van der Waals surface area contributed by atoms with Crippen LogP contribution in [0.5, 0.6) is 0 Å². The molecule has 5 rings (SSSR count). The molecule has 31 heavy (non-hydrogen) atoms. The number of piperidine rings is 1. The Hall–Kier alpha value is -2.16. The van der Waals surface area contributed by atoms with E-state index in [4.69, 9.17) is 5.10 Å². The number of hydrogen-bond donors (Lipinski definition) is 0. The molecule has 0 amide bonds. The minimum Gasteiger partial charge on any atom is -0.249 e. The summed E-state index contributed by atoms with van der Waals surface area (Å²) in [5.41, 5.74) is 4.88. The number of thioether (sulfide) groups is 1. The summed E-state index contributed by atoms with van der Waals surface area (Å²) in [4.78, 5) is 4.72. The first-order chi connectivity index (χ1) is 15.1. The van der Waals surface area contributed by atoms with E-state index >= 15 is 0 Å². The van der Waals surface area contributed by atoms with Crippen LogP contribution < -0.4 is 0 Å². The standard InChI is InChI=1S/C23H26N4O2S2/c28-31(29,26-14-5-2-6-15-26)19-12-13-23(24-16-19)30-17-21-20-10-7-11-22(20)27(25-21)18-8-3-1-4-9-18/h1,3-4,8-9,12-13,16H,2,5-7,10-11,14-15,17H2. The molecule has 2 aliphatic rings. The van der Waals surface area contributed by atoms with Crippen molar-refractivity contribution < 1.29 is 8.42 Å². The molecule has 8 heteroatoms. The number of benzene rings is 1. The van der Waals surface area contributed by atoms with Gasteiger partial charge in [-0.2, -0.15) is 9.40 Å². The van der Waals surface area contributed by atoms with Gasteiger partial charge in [-0.1, -0.05) is 36.4 Å². The first-order valence-corrected chi connectivity index (χ1v) is 13.3. The number of para-hydroxylation sites is 1. The number of nitrogens with zero attached hydrogens (tertiary/aromatic N) is 4. The molecule has 0 radical (unpaired) electrons. The fourth-order valence-electron chi connectivity index (χ4n) is 4.41. The van der Waals surface area contributed by atoms with Crippen molar-refractivity contribution in [3.05, 3.63) is 65.6 Å². The van der Waals surface area contributed by atoms with Crippen LogP contribution in [0.2, 0.25) is 0 Å². The lowest BCUT2D eigenvalue weighted by Gasteiger charge is -2.25. The lowest BCUT2D eigenvalue weighted by Crippen LogP contribution is -2.35. The van der Waals surface area contributed by atoms with E-state index in [-0.39, 0.29) is 4.90 Å². The maximum absolute atomic E-state index is 12.8. The monoisotopic (exact) mass is 454 g/mol. The molecule has 0 unspecified atom stereocenters. The van der Waals surface area contributed by atoms with Crippen LogP contribution in [0.1, 0.15) is 42.6 Å². The molecule has 0 spiro atoms. The van der Waals surface area contributed by atoms with Crippen molar-refractivity contribution in [3.8, 4) is 5.69 Å². The highest BCUT2D eigenvalue weighted by Gasteiger charge is 2.26. The first kappa shape index (κ1) is 20.7. The normalized spacial score (nSPS) is 17.0. The van der Waals surface area contributed by atoms with E-state index in [9.17, 15) is 8.42 Å². The number of rotatable bonds is 6. The predicted molar refractivity (Wildman–Crippen MR) is 122 cm³/mol. The molecule has 1 aliphatic heterocycles. The molecule has 1 saturated heterocycles. The van der Waals surface area contributed by atoms with Gasteiger partial charge in [0.05, 0.1) is 16.4 Å². The van der Waals surface area contributed by atoms with Crippen molar-refractivity contribution in [2.45, 2.75) is 54.2 Å². The molecule has 2 aromatic heterocycles. The van der Waals surface area contributed by atoms with E-state index in [2.05, 4.69) is 21.8 Å². The quantitative estimate of drug-likeness (QED) is 0.522. The van der Waals surface area contributed by atoms with Gasteiger partial charge in [0.1, 0.15) is 4.90 Å². The van der Waals surface area contributed by atoms with Gasteiger partial charge >= 0.3 is 0 Å². The number of hydrogen-bond acceptors (Lipinski definition) is 5. The van der Waals surface area contributed by atoms with Gasteiger partial charge in [-0.15, -0.1) is 0 Å². The Kier molecular flexibility index (Phi) is 5.86. The van der Waals surface area contributed by atoms with Crippen molar-refractivity contribution in [3.63, 3.8) is 0 Å². The van der Waals surface area contributed by atoms with Crippen LogP contribution in [0.4, 0.5) is 0 Å². The van der Waals surface area contributed by atoms with E-state index in [0.29, 0.717) is 13.1 Å². The Morgan fingerprint density at radius 2 is 1.74 bits per heavy atom. The van der Waals surface area contributed by atoms with Gasteiger partial charge in [-0.05, 0) is 61.9 Å². The van der Waals surface area contributed by atoms with Crippen molar-refractivity contribution in [2.24, 2.45) is 0 Å². The van der Waals surface area contributed by atoms with Gasteiger partial charge in [0.2, 0.25) is 10.0 Å². The second kappa shape index (κ2) is 8.76. The number of aromatic nitrogens is 3. The van der Waals surface area contributed by atoms with Crippen LogP contribution in [-0.4, -0.2) is 40.6 Å². The first-order valence-electron chi connectivity index (χ1n) is 10.9. The highest BCUT2D eigenvalue weighted by molar-refractivity contribution is 7.98. The molecular weight excluding hydrogens is 428 g/mol. The summed E-state index contributed by atoms with van der Waals surface area (Å²) in [5.74, 6) is 0.730. The average Bonchev–Trinajstić information content (AvgIpc) is 3.42. The molecule has 1 fully saturated rings. The fraction of sp³-hybridized carbons (Fsp3) is 0.391. The summed E-state index contributed by atoms with van der Waals surface area (Å²) in [6.07, 6.45) is 7.75. The Morgan fingerprint density at radius 3 is 2.48 bits per heavy atom. The molecule has 0 atom stereocenters. The van der Waals surface area contributed by atoms with Crippen LogP contribution >= 0.6 is 11.8 Å². The van der Waals surface area contributed by atoms with Crippen LogP contribution in [-0.2, 0) is 28.6 Å². The molecular formula is C23H26N4O2S2. The van der Waals surface area contributed by atoms with Gasteiger partial charge < -0.3 is 0 Å². The van der Waals surface area contributed by atoms with Gasteiger partial charge in [0.25, 0.3) is 0 Å². The second-order valence-electron chi connectivity index (χ2n) is 8.06. The smallest absolute Gasteiger partial charge is 0.244 e. The van der Waals surface area contributed by atoms with Gasteiger partial charge in [0, 0.05) is 30.7 Å². The van der Waals surface area contributed by atoms with E-state index < -0.39 is 10.0 Å². The lowest BCUT2D eigenvalue weighted by atomic mass is 10.2. The van der Waals surface area contributed by atoms with Gasteiger partial charge in [-0.3, -0.25) is 0 Å². The topological polar surface area (TPSA) is 68.1 Å². The van der Waals surface area contributed by atoms with Gasteiger partial charge in [-0.25, -0.2) is 18.1 Å². The predicted octanol–water partition coefficient (Wildman–Crippen LogP) is 4.22. The molecule has 0 saturated carbocycles. The maximum Gasteiger partial charge on any atom is 0.244 e. The maximum atomic E-state index is 12.8. The van der Waals surface area contributed by atoms with Crippen molar-refractivity contribution in [1.82, 2.24) is 19.1 Å². The third-order valence-electron chi connectivity index (χ3n) is 6.03. The summed E-state index contributed by atoms with van der Waals surface area (Å²) < 4.78 is 29.3. The van der Waals surface area contributed by atoms with E-state index in [1.807, 2.05) is 24.3 Å². The number of sulfonamides is 1. The summed E-state index contributed by atoms with van der Waals surface area (Å²) in [5, 5.41) is 5.72. The Bertz CT molecular complexity index is 1150. The Balaban J connectivity index is 1.31. The molecule has 3 heterocycles. The fourth-order valence-corrected chi connectivity index (χ4v) is 6.68. The molecule has 1 aromatic carbocycles. The summed E-state index contributed by atoms with van der Waals surface area (Å²) >= 11 is 1.61. The third kappa shape index (κ3) is 4.16. The summed E-state index contributed by atoms with van der Waals surface area (Å²) in [6, 6.07) is 13.8.